The predicted molar refractivity (Wildman–Crippen MR) is 122 cm³/mol. The Morgan fingerprint density at radius 3 is 2.59 bits per heavy atom. The second-order valence-electron chi connectivity index (χ2n) is 7.69. The fraction of sp³-hybridized carbons (Fsp3) is 0.240. The standard InChI is InChI=1S/C25H25N3O4/c1-3-16-9-4-6-11-18(16)26-25(31)23-15(2)22-19(12-8-14-21(22)32-23)27-28-24(30)17-10-5-7-13-20(17)29/h4-7,9-11,13,29H,3,8,12,14H2,1-2H3,(H,26,31)(H,28,30)/b27-19+. The molecule has 0 aliphatic heterocycles. The molecule has 0 bridgehead atoms. The number of nitrogens with zero attached hydrogens (tertiary/aromatic N) is 1. The topological polar surface area (TPSA) is 104 Å². The number of benzene rings is 2. The summed E-state index contributed by atoms with van der Waals surface area (Å²) in [6, 6.07) is 14.0. The lowest BCUT2D eigenvalue weighted by Gasteiger charge is -2.13. The fourth-order valence-corrected chi connectivity index (χ4v) is 3.97. The van der Waals surface area contributed by atoms with Gasteiger partial charge in [-0.3, -0.25) is 9.59 Å². The van der Waals surface area contributed by atoms with Crippen LogP contribution in [0.25, 0.3) is 0 Å². The molecule has 7 nitrogen and oxygen atoms in total. The first-order valence-corrected chi connectivity index (χ1v) is 10.7. The summed E-state index contributed by atoms with van der Waals surface area (Å²) in [5.41, 5.74) is 6.59. The van der Waals surface area contributed by atoms with Crippen molar-refractivity contribution in [3.8, 4) is 5.75 Å². The summed E-state index contributed by atoms with van der Waals surface area (Å²) in [6.07, 6.45) is 2.94. The van der Waals surface area contributed by atoms with Crippen molar-refractivity contribution in [1.82, 2.24) is 5.43 Å². The molecule has 0 radical (unpaired) electrons. The van der Waals surface area contributed by atoms with E-state index in [1.807, 2.05) is 38.1 Å². The number of hydrazone groups is 1. The lowest BCUT2D eigenvalue weighted by molar-refractivity contribution is 0.0950. The maximum Gasteiger partial charge on any atom is 0.291 e. The highest BCUT2D eigenvalue weighted by Gasteiger charge is 2.28. The van der Waals surface area contributed by atoms with Gasteiger partial charge in [0.2, 0.25) is 0 Å². The van der Waals surface area contributed by atoms with Crippen LogP contribution in [0.4, 0.5) is 5.69 Å². The zero-order chi connectivity index (χ0) is 22.7. The first kappa shape index (κ1) is 21.4. The van der Waals surface area contributed by atoms with E-state index in [0.717, 1.165) is 29.7 Å². The van der Waals surface area contributed by atoms with Gasteiger partial charge in [0.1, 0.15) is 11.5 Å². The van der Waals surface area contributed by atoms with Crippen LogP contribution in [0.3, 0.4) is 0 Å². The van der Waals surface area contributed by atoms with Crippen LogP contribution in [0.2, 0.25) is 0 Å². The van der Waals surface area contributed by atoms with E-state index in [1.54, 1.807) is 12.1 Å². The average Bonchev–Trinajstić information content (AvgIpc) is 3.15. The summed E-state index contributed by atoms with van der Waals surface area (Å²) < 4.78 is 5.94. The lowest BCUT2D eigenvalue weighted by Crippen LogP contribution is -2.22. The first-order chi connectivity index (χ1) is 15.5. The molecule has 0 fully saturated rings. The highest BCUT2D eigenvalue weighted by atomic mass is 16.4. The maximum atomic E-state index is 13.0. The van der Waals surface area contributed by atoms with E-state index in [-0.39, 0.29) is 23.0 Å². The normalized spacial score (nSPS) is 14.1. The summed E-state index contributed by atoms with van der Waals surface area (Å²) in [4.78, 5) is 25.4. The largest absolute Gasteiger partial charge is 0.507 e. The van der Waals surface area contributed by atoms with E-state index in [4.69, 9.17) is 4.42 Å². The summed E-state index contributed by atoms with van der Waals surface area (Å²) in [7, 11) is 0. The molecule has 1 heterocycles. The molecule has 1 aliphatic carbocycles. The zero-order valence-electron chi connectivity index (χ0n) is 18.1. The summed E-state index contributed by atoms with van der Waals surface area (Å²) in [5, 5.41) is 17.1. The number of phenolic OH excluding ortho intramolecular Hbond substituents is 1. The molecule has 0 saturated heterocycles. The lowest BCUT2D eigenvalue weighted by atomic mass is 9.93. The Labute approximate surface area is 186 Å². The van der Waals surface area contributed by atoms with Gasteiger partial charge >= 0.3 is 0 Å². The number of hydrogen-bond donors (Lipinski definition) is 3. The number of amides is 2. The van der Waals surface area contributed by atoms with Crippen LogP contribution >= 0.6 is 0 Å². The Morgan fingerprint density at radius 2 is 1.81 bits per heavy atom. The van der Waals surface area contributed by atoms with Gasteiger partial charge in [-0.15, -0.1) is 0 Å². The molecule has 0 spiro atoms. The first-order valence-electron chi connectivity index (χ1n) is 10.7. The summed E-state index contributed by atoms with van der Waals surface area (Å²) >= 11 is 0. The Bertz CT molecular complexity index is 1210. The van der Waals surface area contributed by atoms with Crippen LogP contribution in [0, 0.1) is 6.92 Å². The molecule has 1 aliphatic rings. The minimum atomic E-state index is -0.502. The molecule has 0 atom stereocenters. The van der Waals surface area contributed by atoms with Crippen LogP contribution in [-0.2, 0) is 12.8 Å². The molecule has 2 aromatic carbocycles. The highest BCUT2D eigenvalue weighted by molar-refractivity contribution is 6.09. The van der Waals surface area contributed by atoms with Crippen molar-refractivity contribution in [1.29, 1.82) is 0 Å². The number of nitrogens with one attached hydrogen (secondary N) is 2. The Balaban J connectivity index is 1.59. The molecule has 7 heteroatoms. The third-order valence-electron chi connectivity index (χ3n) is 5.62. The van der Waals surface area contributed by atoms with Crippen molar-refractivity contribution in [3.63, 3.8) is 0 Å². The minimum absolute atomic E-state index is 0.111. The second kappa shape index (κ2) is 9.09. The Hall–Kier alpha value is -3.87. The number of anilines is 1. The minimum Gasteiger partial charge on any atom is -0.507 e. The molecule has 4 rings (SSSR count). The molecular weight excluding hydrogens is 406 g/mol. The van der Waals surface area contributed by atoms with E-state index in [9.17, 15) is 14.7 Å². The molecule has 2 amide bonds. The van der Waals surface area contributed by atoms with Gasteiger partial charge in [0.05, 0.1) is 11.3 Å². The molecule has 164 valence electrons. The van der Waals surface area contributed by atoms with Gasteiger partial charge in [0, 0.05) is 23.2 Å². The predicted octanol–water partition coefficient (Wildman–Crippen LogP) is 4.58. The number of hydrogen-bond acceptors (Lipinski definition) is 5. The Kier molecular flexibility index (Phi) is 6.07. The van der Waals surface area contributed by atoms with Crippen molar-refractivity contribution in [2.75, 3.05) is 5.32 Å². The van der Waals surface area contributed by atoms with Crippen molar-refractivity contribution < 1.29 is 19.1 Å². The number of rotatable bonds is 5. The molecule has 1 aromatic heterocycles. The third kappa shape index (κ3) is 4.14. The fourth-order valence-electron chi connectivity index (χ4n) is 3.97. The number of carbonyl (C=O) groups is 2. The number of furan rings is 1. The van der Waals surface area contributed by atoms with Crippen LogP contribution in [-0.4, -0.2) is 22.6 Å². The quantitative estimate of drug-likeness (QED) is 0.515. The number of fused-ring (bicyclic) bond motifs is 1. The summed E-state index contributed by atoms with van der Waals surface area (Å²) in [5.74, 6) is 0.0227. The van der Waals surface area contributed by atoms with Crippen molar-refractivity contribution in [3.05, 3.63) is 82.3 Å². The SMILES string of the molecule is CCc1ccccc1NC(=O)c1oc2c(c1C)/C(=N/NC(=O)c1ccccc1O)CCC2. The van der Waals surface area contributed by atoms with Crippen LogP contribution < -0.4 is 10.7 Å². The molecule has 3 N–H and O–H groups in total. The van der Waals surface area contributed by atoms with E-state index in [0.29, 0.717) is 29.9 Å². The van der Waals surface area contributed by atoms with E-state index < -0.39 is 5.91 Å². The van der Waals surface area contributed by atoms with Gasteiger partial charge in [-0.05, 0) is 49.9 Å². The van der Waals surface area contributed by atoms with E-state index in [1.165, 1.54) is 12.1 Å². The Morgan fingerprint density at radius 1 is 1.06 bits per heavy atom. The van der Waals surface area contributed by atoms with Gasteiger partial charge in [-0.1, -0.05) is 37.3 Å². The smallest absolute Gasteiger partial charge is 0.291 e. The van der Waals surface area contributed by atoms with Crippen LogP contribution in [0.5, 0.6) is 5.75 Å². The molecular formula is C25H25N3O4. The highest BCUT2D eigenvalue weighted by Crippen LogP contribution is 2.30. The van der Waals surface area contributed by atoms with Gasteiger partial charge < -0.3 is 14.8 Å². The van der Waals surface area contributed by atoms with Gasteiger partial charge in [-0.2, -0.15) is 5.10 Å². The van der Waals surface area contributed by atoms with Crippen LogP contribution in [0.1, 0.15) is 63.1 Å². The molecule has 3 aromatic rings. The number of para-hydroxylation sites is 2. The third-order valence-corrected chi connectivity index (χ3v) is 5.62. The monoisotopic (exact) mass is 431 g/mol. The van der Waals surface area contributed by atoms with Crippen molar-refractivity contribution >= 4 is 23.2 Å². The van der Waals surface area contributed by atoms with Crippen molar-refractivity contribution in [2.45, 2.75) is 39.5 Å². The van der Waals surface area contributed by atoms with E-state index in [2.05, 4.69) is 15.8 Å². The van der Waals surface area contributed by atoms with E-state index >= 15 is 0 Å². The second-order valence-corrected chi connectivity index (χ2v) is 7.69. The zero-order valence-corrected chi connectivity index (χ0v) is 18.1. The van der Waals surface area contributed by atoms with Gasteiger partial charge in [-0.25, -0.2) is 5.43 Å². The maximum absolute atomic E-state index is 13.0. The van der Waals surface area contributed by atoms with Crippen molar-refractivity contribution in [2.24, 2.45) is 5.10 Å². The summed E-state index contributed by atoms with van der Waals surface area (Å²) in [6.45, 7) is 3.86. The molecule has 0 unspecified atom stereocenters. The average molecular weight is 431 g/mol. The number of carbonyl (C=O) groups excluding carboxylic acids is 2. The van der Waals surface area contributed by atoms with Gasteiger partial charge in [0.25, 0.3) is 11.8 Å². The number of phenols is 1. The van der Waals surface area contributed by atoms with Crippen LogP contribution in [0.15, 0.2) is 58.0 Å². The van der Waals surface area contributed by atoms with Gasteiger partial charge in [0.15, 0.2) is 5.76 Å². The molecule has 0 saturated carbocycles. The number of aryl methyl sites for hydroxylation is 2. The number of aromatic hydroxyl groups is 1. The molecule has 32 heavy (non-hydrogen) atoms.